The standard InChI is InChI=1S/C17H27N/c1-17(2,3)16(18)9-4-6-13-10-11-14-7-5-8-15(14)12-13/h10-12,16H,4-9,18H2,1-3H3. The average molecular weight is 245 g/mol. The summed E-state index contributed by atoms with van der Waals surface area (Å²) in [5, 5.41) is 0. The Morgan fingerprint density at radius 2 is 1.89 bits per heavy atom. The molecule has 0 fully saturated rings. The molecule has 1 unspecified atom stereocenters. The van der Waals surface area contributed by atoms with Gasteiger partial charge in [0, 0.05) is 6.04 Å². The highest BCUT2D eigenvalue weighted by atomic mass is 14.7. The average Bonchev–Trinajstić information content (AvgIpc) is 2.74. The van der Waals surface area contributed by atoms with Crippen LogP contribution < -0.4 is 5.73 Å². The van der Waals surface area contributed by atoms with Gasteiger partial charge < -0.3 is 5.73 Å². The third-order valence-corrected chi connectivity index (χ3v) is 4.26. The van der Waals surface area contributed by atoms with Gasteiger partial charge in [0.15, 0.2) is 0 Å². The first-order chi connectivity index (χ1) is 8.47. The smallest absolute Gasteiger partial charge is 0.00877 e. The number of fused-ring (bicyclic) bond motifs is 1. The summed E-state index contributed by atoms with van der Waals surface area (Å²) in [5.41, 5.74) is 11.1. The van der Waals surface area contributed by atoms with Crippen LogP contribution in [0.3, 0.4) is 0 Å². The molecule has 1 nitrogen and oxygen atoms in total. The molecule has 0 aromatic heterocycles. The molecular weight excluding hydrogens is 218 g/mol. The van der Waals surface area contributed by atoms with Gasteiger partial charge in [-0.15, -0.1) is 0 Å². The molecule has 0 radical (unpaired) electrons. The quantitative estimate of drug-likeness (QED) is 0.856. The van der Waals surface area contributed by atoms with Crippen LogP contribution in [0.15, 0.2) is 18.2 Å². The van der Waals surface area contributed by atoms with E-state index in [4.69, 9.17) is 5.73 Å². The fourth-order valence-electron chi connectivity index (χ4n) is 2.74. The first-order valence-electron chi connectivity index (χ1n) is 7.33. The summed E-state index contributed by atoms with van der Waals surface area (Å²) in [4.78, 5) is 0. The SMILES string of the molecule is CC(C)(C)C(N)CCCc1ccc2c(c1)CCC2. The van der Waals surface area contributed by atoms with E-state index >= 15 is 0 Å². The second kappa shape index (κ2) is 5.44. The van der Waals surface area contributed by atoms with Crippen LogP contribution in [0.4, 0.5) is 0 Å². The van der Waals surface area contributed by atoms with Gasteiger partial charge >= 0.3 is 0 Å². The lowest BCUT2D eigenvalue weighted by Gasteiger charge is -2.27. The molecule has 100 valence electrons. The van der Waals surface area contributed by atoms with Crippen molar-refractivity contribution < 1.29 is 0 Å². The highest BCUT2D eigenvalue weighted by molar-refractivity contribution is 5.35. The Labute approximate surface area is 112 Å². The predicted molar refractivity (Wildman–Crippen MR) is 78.8 cm³/mol. The minimum absolute atomic E-state index is 0.234. The molecule has 0 saturated carbocycles. The van der Waals surface area contributed by atoms with Crippen LogP contribution in [0, 0.1) is 5.41 Å². The molecular formula is C17H27N. The number of rotatable bonds is 4. The van der Waals surface area contributed by atoms with Crippen molar-refractivity contribution in [3.63, 3.8) is 0 Å². The lowest BCUT2D eigenvalue weighted by molar-refractivity contribution is 0.301. The largest absolute Gasteiger partial charge is 0.327 e. The van der Waals surface area contributed by atoms with Crippen molar-refractivity contribution in [1.29, 1.82) is 0 Å². The van der Waals surface area contributed by atoms with Gasteiger partial charge in [0.2, 0.25) is 0 Å². The number of nitrogens with two attached hydrogens (primary N) is 1. The van der Waals surface area contributed by atoms with Crippen molar-refractivity contribution in [1.82, 2.24) is 0 Å². The van der Waals surface area contributed by atoms with Gasteiger partial charge in [-0.05, 0) is 60.6 Å². The second-order valence-electron chi connectivity index (χ2n) is 6.82. The van der Waals surface area contributed by atoms with Crippen LogP contribution in [0.25, 0.3) is 0 Å². The molecule has 1 heteroatoms. The van der Waals surface area contributed by atoms with Crippen LogP contribution >= 0.6 is 0 Å². The molecule has 0 bridgehead atoms. The van der Waals surface area contributed by atoms with Crippen LogP contribution in [0.5, 0.6) is 0 Å². The summed E-state index contributed by atoms with van der Waals surface area (Å²) in [6.07, 6.45) is 7.41. The van der Waals surface area contributed by atoms with Crippen molar-refractivity contribution in [2.24, 2.45) is 11.1 Å². The normalized spacial score (nSPS) is 16.7. The van der Waals surface area contributed by atoms with Crippen LogP contribution in [-0.2, 0) is 19.3 Å². The van der Waals surface area contributed by atoms with E-state index in [1.807, 2.05) is 0 Å². The lowest BCUT2D eigenvalue weighted by atomic mass is 9.84. The summed E-state index contributed by atoms with van der Waals surface area (Å²) >= 11 is 0. The van der Waals surface area contributed by atoms with Gasteiger partial charge in [-0.1, -0.05) is 39.0 Å². The first-order valence-corrected chi connectivity index (χ1v) is 7.33. The van der Waals surface area contributed by atoms with Crippen molar-refractivity contribution in [2.75, 3.05) is 0 Å². The monoisotopic (exact) mass is 245 g/mol. The summed E-state index contributed by atoms with van der Waals surface area (Å²) in [6.45, 7) is 6.69. The maximum atomic E-state index is 6.21. The minimum Gasteiger partial charge on any atom is -0.327 e. The zero-order valence-corrected chi connectivity index (χ0v) is 12.1. The number of hydrogen-bond acceptors (Lipinski definition) is 1. The topological polar surface area (TPSA) is 26.0 Å². The summed E-state index contributed by atoms with van der Waals surface area (Å²) in [5.74, 6) is 0. The highest BCUT2D eigenvalue weighted by Gasteiger charge is 2.19. The molecule has 1 aliphatic carbocycles. The fourth-order valence-corrected chi connectivity index (χ4v) is 2.74. The molecule has 0 spiro atoms. The van der Waals surface area contributed by atoms with E-state index in [2.05, 4.69) is 39.0 Å². The molecule has 1 aromatic rings. The number of benzene rings is 1. The third-order valence-electron chi connectivity index (χ3n) is 4.26. The molecule has 1 aliphatic rings. The molecule has 0 saturated heterocycles. The zero-order valence-electron chi connectivity index (χ0n) is 12.1. The molecule has 2 rings (SSSR count). The van der Waals surface area contributed by atoms with Gasteiger partial charge in [0.25, 0.3) is 0 Å². The number of aryl methyl sites for hydroxylation is 3. The van der Waals surface area contributed by atoms with Crippen molar-refractivity contribution >= 4 is 0 Å². The van der Waals surface area contributed by atoms with E-state index < -0.39 is 0 Å². The van der Waals surface area contributed by atoms with E-state index in [0.29, 0.717) is 6.04 Å². The Hall–Kier alpha value is -0.820. The molecule has 1 aromatic carbocycles. The van der Waals surface area contributed by atoms with Crippen molar-refractivity contribution in [3.05, 3.63) is 34.9 Å². The Balaban J connectivity index is 1.84. The summed E-state index contributed by atoms with van der Waals surface area (Å²) in [6, 6.07) is 7.38. The minimum atomic E-state index is 0.234. The Kier molecular flexibility index (Phi) is 4.11. The Morgan fingerprint density at radius 1 is 1.17 bits per heavy atom. The molecule has 0 heterocycles. The van der Waals surface area contributed by atoms with Gasteiger partial charge in [-0.3, -0.25) is 0 Å². The highest BCUT2D eigenvalue weighted by Crippen LogP contribution is 2.25. The summed E-state index contributed by atoms with van der Waals surface area (Å²) in [7, 11) is 0. The number of hydrogen-bond donors (Lipinski definition) is 1. The van der Waals surface area contributed by atoms with Crippen LogP contribution in [-0.4, -0.2) is 6.04 Å². The second-order valence-corrected chi connectivity index (χ2v) is 6.82. The van der Waals surface area contributed by atoms with Gasteiger partial charge in [0.05, 0.1) is 0 Å². The van der Waals surface area contributed by atoms with E-state index in [1.165, 1.54) is 37.7 Å². The maximum absolute atomic E-state index is 6.21. The van der Waals surface area contributed by atoms with Gasteiger partial charge in [-0.2, -0.15) is 0 Å². The molecule has 0 aliphatic heterocycles. The Morgan fingerprint density at radius 3 is 2.61 bits per heavy atom. The van der Waals surface area contributed by atoms with E-state index in [1.54, 1.807) is 11.1 Å². The zero-order chi connectivity index (χ0) is 13.2. The van der Waals surface area contributed by atoms with Crippen molar-refractivity contribution in [3.8, 4) is 0 Å². The third kappa shape index (κ3) is 3.35. The lowest BCUT2D eigenvalue weighted by Crippen LogP contribution is -2.34. The molecule has 1 atom stereocenters. The van der Waals surface area contributed by atoms with Crippen LogP contribution in [0.1, 0.15) is 56.7 Å². The maximum Gasteiger partial charge on any atom is 0.00877 e. The van der Waals surface area contributed by atoms with Crippen LogP contribution in [0.2, 0.25) is 0 Å². The van der Waals surface area contributed by atoms with E-state index in [0.717, 1.165) is 6.42 Å². The van der Waals surface area contributed by atoms with Gasteiger partial charge in [-0.25, -0.2) is 0 Å². The Bertz CT molecular complexity index is 401. The fraction of sp³-hybridized carbons (Fsp3) is 0.647. The predicted octanol–water partition coefficient (Wildman–Crippen LogP) is 3.87. The van der Waals surface area contributed by atoms with Crippen molar-refractivity contribution in [2.45, 2.75) is 65.3 Å². The summed E-state index contributed by atoms with van der Waals surface area (Å²) < 4.78 is 0. The molecule has 2 N–H and O–H groups in total. The van der Waals surface area contributed by atoms with Gasteiger partial charge in [0.1, 0.15) is 0 Å². The van der Waals surface area contributed by atoms with E-state index in [-0.39, 0.29) is 5.41 Å². The van der Waals surface area contributed by atoms with E-state index in [9.17, 15) is 0 Å². The molecule has 18 heavy (non-hydrogen) atoms. The molecule has 0 amide bonds. The first kappa shape index (κ1) is 13.6.